The monoisotopic (exact) mass is 379 g/mol. The van der Waals surface area contributed by atoms with Crippen LogP contribution < -0.4 is 16.0 Å². The van der Waals surface area contributed by atoms with E-state index in [0.717, 1.165) is 11.1 Å². The lowest BCUT2D eigenvalue weighted by atomic mass is 10.1. The molecule has 25 heavy (non-hydrogen) atoms. The smallest absolute Gasteiger partial charge is 0.321 e. The van der Waals surface area contributed by atoms with E-state index in [-0.39, 0.29) is 12.6 Å². The number of amides is 3. The lowest BCUT2D eigenvalue weighted by molar-refractivity contribution is -0.119. The molecular formula is C18H19Cl2N3O2. The number of carbonyl (C=O) groups excluding carboxylic acids is 2. The van der Waals surface area contributed by atoms with Crippen LogP contribution >= 0.6 is 23.2 Å². The second kappa shape index (κ2) is 9.42. The summed E-state index contributed by atoms with van der Waals surface area (Å²) >= 11 is 12.0. The summed E-state index contributed by atoms with van der Waals surface area (Å²) in [6, 6.07) is 13.9. The van der Waals surface area contributed by atoms with Gasteiger partial charge in [0.1, 0.15) is 0 Å². The van der Waals surface area contributed by atoms with E-state index < -0.39 is 11.9 Å². The Labute approximate surface area is 156 Å². The molecule has 0 bridgehead atoms. The predicted molar refractivity (Wildman–Crippen MR) is 99.7 cm³/mol. The average Bonchev–Trinajstić information content (AvgIpc) is 2.59. The molecule has 0 fully saturated rings. The van der Waals surface area contributed by atoms with Gasteiger partial charge in [0.25, 0.3) is 0 Å². The van der Waals surface area contributed by atoms with E-state index in [4.69, 9.17) is 23.2 Å². The number of carbonyl (C=O) groups is 2. The van der Waals surface area contributed by atoms with Gasteiger partial charge in [-0.15, -0.1) is 0 Å². The minimum atomic E-state index is -0.534. The number of hydrogen-bond acceptors (Lipinski definition) is 3. The molecule has 0 aliphatic rings. The number of halogens is 2. The number of imide groups is 1. The number of nitrogens with one attached hydrogen (secondary N) is 3. The molecule has 0 spiro atoms. The highest BCUT2D eigenvalue weighted by Gasteiger charge is 2.13. The average molecular weight is 380 g/mol. The third-order valence-corrected chi connectivity index (χ3v) is 4.11. The summed E-state index contributed by atoms with van der Waals surface area (Å²) in [4.78, 5) is 23.6. The van der Waals surface area contributed by atoms with Gasteiger partial charge in [0.15, 0.2) is 0 Å². The Hall–Kier alpha value is -2.08. The number of urea groups is 1. The van der Waals surface area contributed by atoms with Gasteiger partial charge in [-0.05, 0) is 30.2 Å². The molecule has 5 nitrogen and oxygen atoms in total. The van der Waals surface area contributed by atoms with Crippen molar-refractivity contribution >= 4 is 35.1 Å². The summed E-state index contributed by atoms with van der Waals surface area (Å²) in [6.45, 7) is 2.21. The van der Waals surface area contributed by atoms with Crippen LogP contribution in [-0.4, -0.2) is 18.5 Å². The zero-order valence-electron chi connectivity index (χ0n) is 13.7. The van der Waals surface area contributed by atoms with Crippen molar-refractivity contribution in [2.24, 2.45) is 0 Å². The Balaban J connectivity index is 1.75. The van der Waals surface area contributed by atoms with Gasteiger partial charge in [0.05, 0.1) is 6.54 Å². The van der Waals surface area contributed by atoms with Crippen molar-refractivity contribution in [1.29, 1.82) is 0 Å². The van der Waals surface area contributed by atoms with E-state index >= 15 is 0 Å². The van der Waals surface area contributed by atoms with Crippen molar-refractivity contribution < 1.29 is 9.59 Å². The van der Waals surface area contributed by atoms with Gasteiger partial charge < -0.3 is 10.6 Å². The molecule has 0 aliphatic carbocycles. The summed E-state index contributed by atoms with van der Waals surface area (Å²) in [5.41, 5.74) is 1.78. The molecule has 0 heterocycles. The van der Waals surface area contributed by atoms with Crippen LogP contribution in [0.2, 0.25) is 10.0 Å². The standard InChI is InChI=1S/C18H19Cl2N3O2/c1-12(15-8-7-14(19)9-16(15)20)21-11-17(24)23-18(25)22-10-13-5-3-2-4-6-13/h2-9,12,21H,10-11H2,1H3,(H2,22,23,24,25). The Kier molecular flexibility index (Phi) is 7.25. The minimum absolute atomic E-state index is 0.0150. The molecule has 132 valence electrons. The Morgan fingerprint density at radius 1 is 1.08 bits per heavy atom. The second-order valence-corrected chi connectivity index (χ2v) is 6.33. The zero-order chi connectivity index (χ0) is 18.2. The van der Waals surface area contributed by atoms with Crippen molar-refractivity contribution in [2.75, 3.05) is 6.54 Å². The largest absolute Gasteiger partial charge is 0.334 e. The molecule has 2 aromatic carbocycles. The molecule has 1 unspecified atom stereocenters. The van der Waals surface area contributed by atoms with Gasteiger partial charge in [-0.1, -0.05) is 59.6 Å². The number of benzene rings is 2. The van der Waals surface area contributed by atoms with Gasteiger partial charge in [-0.25, -0.2) is 4.79 Å². The molecule has 2 rings (SSSR count). The molecule has 0 saturated heterocycles. The van der Waals surface area contributed by atoms with Crippen molar-refractivity contribution in [2.45, 2.75) is 19.5 Å². The summed E-state index contributed by atoms with van der Waals surface area (Å²) in [6.07, 6.45) is 0. The molecule has 0 aliphatic heterocycles. The molecule has 2 aromatic rings. The maximum atomic E-state index is 11.9. The second-order valence-electron chi connectivity index (χ2n) is 5.48. The summed E-state index contributed by atoms with van der Waals surface area (Å²) in [5, 5.41) is 9.00. The fourth-order valence-corrected chi connectivity index (χ4v) is 2.77. The summed E-state index contributed by atoms with van der Waals surface area (Å²) in [7, 11) is 0. The normalized spacial score (nSPS) is 11.6. The van der Waals surface area contributed by atoms with E-state index in [2.05, 4.69) is 16.0 Å². The van der Waals surface area contributed by atoms with Crippen LogP contribution in [0.15, 0.2) is 48.5 Å². The van der Waals surface area contributed by atoms with E-state index in [1.165, 1.54) is 0 Å². The third kappa shape index (κ3) is 6.38. The maximum Gasteiger partial charge on any atom is 0.321 e. The van der Waals surface area contributed by atoms with Crippen LogP contribution in [0.25, 0.3) is 0 Å². The highest BCUT2D eigenvalue weighted by atomic mass is 35.5. The van der Waals surface area contributed by atoms with Crippen LogP contribution in [0.4, 0.5) is 4.79 Å². The van der Waals surface area contributed by atoms with E-state index in [0.29, 0.717) is 16.6 Å². The molecule has 0 radical (unpaired) electrons. The zero-order valence-corrected chi connectivity index (χ0v) is 15.2. The Morgan fingerprint density at radius 3 is 2.48 bits per heavy atom. The number of hydrogen-bond donors (Lipinski definition) is 3. The molecule has 1 atom stereocenters. The molecule has 3 N–H and O–H groups in total. The van der Waals surface area contributed by atoms with Gasteiger partial charge in [0, 0.05) is 22.6 Å². The molecular weight excluding hydrogens is 361 g/mol. The van der Waals surface area contributed by atoms with Crippen molar-refractivity contribution in [1.82, 2.24) is 16.0 Å². The first-order chi connectivity index (χ1) is 12.0. The first kappa shape index (κ1) is 19.2. The molecule has 0 aromatic heterocycles. The predicted octanol–water partition coefficient (Wildman–Crippen LogP) is 3.67. The third-order valence-electron chi connectivity index (χ3n) is 3.55. The summed E-state index contributed by atoms with van der Waals surface area (Å²) < 4.78 is 0. The first-order valence-corrected chi connectivity index (χ1v) is 8.51. The quantitative estimate of drug-likeness (QED) is 0.716. The van der Waals surface area contributed by atoms with Crippen molar-refractivity contribution in [3.05, 3.63) is 69.7 Å². The highest BCUT2D eigenvalue weighted by molar-refractivity contribution is 6.35. The lowest BCUT2D eigenvalue weighted by Crippen LogP contribution is -2.43. The van der Waals surface area contributed by atoms with Gasteiger partial charge >= 0.3 is 6.03 Å². The van der Waals surface area contributed by atoms with Gasteiger partial charge in [-0.2, -0.15) is 0 Å². The first-order valence-electron chi connectivity index (χ1n) is 7.75. The molecule has 3 amide bonds. The minimum Gasteiger partial charge on any atom is -0.334 e. The van der Waals surface area contributed by atoms with Gasteiger partial charge in [0.2, 0.25) is 5.91 Å². The van der Waals surface area contributed by atoms with E-state index in [9.17, 15) is 9.59 Å². The topological polar surface area (TPSA) is 70.2 Å². The van der Waals surface area contributed by atoms with Crippen LogP contribution in [0.3, 0.4) is 0 Å². The van der Waals surface area contributed by atoms with Crippen LogP contribution in [0, 0.1) is 0 Å². The summed E-state index contributed by atoms with van der Waals surface area (Å²) in [5.74, 6) is -0.428. The highest BCUT2D eigenvalue weighted by Crippen LogP contribution is 2.25. The van der Waals surface area contributed by atoms with E-state index in [1.54, 1.807) is 18.2 Å². The molecule has 7 heteroatoms. The van der Waals surface area contributed by atoms with Crippen molar-refractivity contribution in [3.8, 4) is 0 Å². The maximum absolute atomic E-state index is 11.9. The van der Waals surface area contributed by atoms with Gasteiger partial charge in [-0.3, -0.25) is 10.1 Å². The van der Waals surface area contributed by atoms with Crippen LogP contribution in [0.1, 0.15) is 24.1 Å². The fourth-order valence-electron chi connectivity index (χ4n) is 2.20. The lowest BCUT2D eigenvalue weighted by Gasteiger charge is -2.15. The Bertz CT molecular complexity index is 738. The number of rotatable bonds is 6. The fraction of sp³-hybridized carbons (Fsp3) is 0.222. The van der Waals surface area contributed by atoms with Crippen LogP contribution in [0.5, 0.6) is 0 Å². The SMILES string of the molecule is CC(NCC(=O)NC(=O)NCc1ccccc1)c1ccc(Cl)cc1Cl. The molecule has 0 saturated carbocycles. The van der Waals surface area contributed by atoms with E-state index in [1.807, 2.05) is 37.3 Å². The van der Waals surface area contributed by atoms with Crippen LogP contribution in [-0.2, 0) is 11.3 Å². The van der Waals surface area contributed by atoms with Crippen molar-refractivity contribution in [3.63, 3.8) is 0 Å². The Morgan fingerprint density at radius 2 is 1.80 bits per heavy atom.